The molecule has 0 saturated carbocycles. The minimum Gasteiger partial charge on any atom is -0.507 e. The standard InChI is InChI=1S/C27H31ClN2O3S/c1-26(2,3)19-13-16(14-20(23(19)31)27(4,5)6)22(30-29-18-9-7-17(28)8-10-18)25-24-21(15-34-25)32-11-12-33-24/h7-10,13-15,29,31H,11-12H2,1-6H3/b30-22-. The Bertz CT molecular complexity index is 1180. The Labute approximate surface area is 210 Å². The number of rotatable bonds is 4. The number of benzene rings is 2. The largest absolute Gasteiger partial charge is 0.507 e. The fraction of sp³-hybridized carbons (Fsp3) is 0.370. The van der Waals surface area contributed by atoms with E-state index in [0.29, 0.717) is 29.7 Å². The molecule has 2 heterocycles. The number of hydrogen-bond donors (Lipinski definition) is 2. The topological polar surface area (TPSA) is 63.1 Å². The average molecular weight is 499 g/mol. The fourth-order valence-electron chi connectivity index (χ4n) is 3.83. The maximum absolute atomic E-state index is 11.2. The molecule has 180 valence electrons. The number of phenolic OH excluding ortho intramolecular Hbond substituents is 1. The van der Waals surface area contributed by atoms with Crippen LogP contribution in [0.5, 0.6) is 17.2 Å². The van der Waals surface area contributed by atoms with Crippen molar-refractivity contribution < 1.29 is 14.6 Å². The van der Waals surface area contributed by atoms with E-state index in [0.717, 1.165) is 38.7 Å². The molecule has 4 rings (SSSR count). The van der Waals surface area contributed by atoms with Gasteiger partial charge in [0.15, 0.2) is 11.5 Å². The number of halogens is 1. The van der Waals surface area contributed by atoms with Gasteiger partial charge in [0.25, 0.3) is 0 Å². The van der Waals surface area contributed by atoms with Gasteiger partial charge >= 0.3 is 0 Å². The van der Waals surface area contributed by atoms with Crippen LogP contribution in [0.2, 0.25) is 5.02 Å². The number of nitrogens with one attached hydrogen (secondary N) is 1. The zero-order valence-electron chi connectivity index (χ0n) is 20.5. The lowest BCUT2D eigenvalue weighted by Crippen LogP contribution is -2.20. The molecule has 0 saturated heterocycles. The summed E-state index contributed by atoms with van der Waals surface area (Å²) < 4.78 is 11.8. The second-order valence-corrected chi connectivity index (χ2v) is 11.8. The van der Waals surface area contributed by atoms with Crippen LogP contribution in [0.15, 0.2) is 46.9 Å². The fourth-order valence-corrected chi connectivity index (χ4v) is 4.90. The minimum absolute atomic E-state index is 0.261. The van der Waals surface area contributed by atoms with Gasteiger partial charge in [0.1, 0.15) is 29.6 Å². The summed E-state index contributed by atoms with van der Waals surface area (Å²) in [6.07, 6.45) is 0. The lowest BCUT2D eigenvalue weighted by atomic mass is 9.78. The van der Waals surface area contributed by atoms with Crippen LogP contribution in [0.4, 0.5) is 5.69 Å². The van der Waals surface area contributed by atoms with Crippen molar-refractivity contribution in [1.82, 2.24) is 0 Å². The van der Waals surface area contributed by atoms with E-state index in [4.69, 9.17) is 26.2 Å². The third kappa shape index (κ3) is 5.03. The molecule has 0 bridgehead atoms. The molecule has 0 aliphatic carbocycles. The van der Waals surface area contributed by atoms with E-state index in [2.05, 4.69) is 47.0 Å². The van der Waals surface area contributed by atoms with E-state index in [1.165, 1.54) is 11.3 Å². The van der Waals surface area contributed by atoms with Gasteiger partial charge in [0.05, 0.1) is 5.69 Å². The van der Waals surface area contributed by atoms with Gasteiger partial charge in [-0.1, -0.05) is 53.1 Å². The molecule has 5 nitrogen and oxygen atoms in total. The van der Waals surface area contributed by atoms with Gasteiger partial charge in [0.2, 0.25) is 0 Å². The highest BCUT2D eigenvalue weighted by Crippen LogP contribution is 2.44. The van der Waals surface area contributed by atoms with Crippen molar-refractivity contribution in [2.75, 3.05) is 18.6 Å². The van der Waals surface area contributed by atoms with Gasteiger partial charge < -0.3 is 14.6 Å². The van der Waals surface area contributed by atoms with E-state index in [-0.39, 0.29) is 10.8 Å². The van der Waals surface area contributed by atoms with Crippen LogP contribution in [-0.4, -0.2) is 24.0 Å². The highest BCUT2D eigenvalue weighted by molar-refractivity contribution is 7.13. The molecule has 1 aliphatic heterocycles. The van der Waals surface area contributed by atoms with Crippen LogP contribution in [0.1, 0.15) is 63.1 Å². The van der Waals surface area contributed by atoms with E-state index in [1.54, 1.807) is 0 Å². The number of fused-ring (bicyclic) bond motifs is 1. The summed E-state index contributed by atoms with van der Waals surface area (Å²) in [7, 11) is 0. The molecular formula is C27H31ClN2O3S. The number of nitrogens with zero attached hydrogens (tertiary/aromatic N) is 1. The molecule has 0 fully saturated rings. The molecule has 34 heavy (non-hydrogen) atoms. The summed E-state index contributed by atoms with van der Waals surface area (Å²) in [6.45, 7) is 13.6. The molecule has 1 aliphatic rings. The first kappa shape index (κ1) is 24.4. The molecule has 7 heteroatoms. The molecule has 0 spiro atoms. The lowest BCUT2D eigenvalue weighted by Gasteiger charge is -2.28. The zero-order valence-corrected chi connectivity index (χ0v) is 22.0. The number of ether oxygens (including phenoxy) is 2. The second kappa shape index (κ2) is 9.16. The molecule has 1 aromatic heterocycles. The SMILES string of the molecule is CC(C)(C)c1cc(/C(=N/Nc2ccc(Cl)cc2)c2scc3c2OCCO3)cc(C(C)(C)C)c1O. The smallest absolute Gasteiger partial charge is 0.181 e. The summed E-state index contributed by atoms with van der Waals surface area (Å²) in [5.74, 6) is 1.77. The Kier molecular flexibility index (Phi) is 6.58. The molecular weight excluding hydrogens is 468 g/mol. The summed E-state index contributed by atoms with van der Waals surface area (Å²) in [4.78, 5) is 0.876. The van der Waals surface area contributed by atoms with Crippen molar-refractivity contribution in [2.24, 2.45) is 5.10 Å². The van der Waals surface area contributed by atoms with Gasteiger partial charge in [-0.25, -0.2) is 0 Å². The maximum Gasteiger partial charge on any atom is 0.181 e. The van der Waals surface area contributed by atoms with E-state index in [1.807, 2.05) is 41.8 Å². The van der Waals surface area contributed by atoms with Crippen LogP contribution in [0.3, 0.4) is 0 Å². The van der Waals surface area contributed by atoms with E-state index < -0.39 is 0 Å². The number of hydrazone groups is 1. The van der Waals surface area contributed by atoms with Crippen molar-refractivity contribution in [3.8, 4) is 17.2 Å². The molecule has 0 amide bonds. The van der Waals surface area contributed by atoms with E-state index >= 15 is 0 Å². The van der Waals surface area contributed by atoms with E-state index in [9.17, 15) is 5.11 Å². The average Bonchev–Trinajstić information content (AvgIpc) is 3.18. The van der Waals surface area contributed by atoms with Crippen molar-refractivity contribution in [1.29, 1.82) is 0 Å². The number of hydrogen-bond acceptors (Lipinski definition) is 6. The second-order valence-electron chi connectivity index (χ2n) is 10.5. The molecule has 0 unspecified atom stereocenters. The summed E-state index contributed by atoms with van der Waals surface area (Å²) in [5, 5.41) is 18.7. The highest BCUT2D eigenvalue weighted by atomic mass is 35.5. The summed E-state index contributed by atoms with van der Waals surface area (Å²) >= 11 is 7.58. The first-order chi connectivity index (χ1) is 15.9. The monoisotopic (exact) mass is 498 g/mol. The van der Waals surface area contributed by atoms with Gasteiger partial charge in [-0.3, -0.25) is 5.43 Å². The highest BCUT2D eigenvalue weighted by Gasteiger charge is 2.30. The van der Waals surface area contributed by atoms with Crippen LogP contribution < -0.4 is 14.9 Å². The summed E-state index contributed by atoms with van der Waals surface area (Å²) in [5.41, 5.74) is 6.83. The number of thiophene rings is 1. The third-order valence-corrected chi connectivity index (χ3v) is 6.85. The van der Waals surface area contributed by atoms with Crippen LogP contribution in [0.25, 0.3) is 0 Å². The molecule has 2 N–H and O–H groups in total. The van der Waals surface area contributed by atoms with Gasteiger partial charge in [-0.2, -0.15) is 5.10 Å². The number of phenols is 1. The van der Waals surface area contributed by atoms with Gasteiger partial charge in [0, 0.05) is 27.1 Å². The molecule has 0 radical (unpaired) electrons. The van der Waals surface area contributed by atoms with Gasteiger partial charge in [-0.05, 0) is 47.2 Å². The summed E-state index contributed by atoms with van der Waals surface area (Å²) in [6, 6.07) is 11.5. The Morgan fingerprint density at radius 3 is 2.15 bits per heavy atom. The minimum atomic E-state index is -0.261. The van der Waals surface area contributed by atoms with Crippen LogP contribution >= 0.6 is 22.9 Å². The van der Waals surface area contributed by atoms with Crippen molar-refractivity contribution in [3.63, 3.8) is 0 Å². The van der Waals surface area contributed by atoms with Crippen molar-refractivity contribution >= 4 is 34.3 Å². The predicted molar refractivity (Wildman–Crippen MR) is 142 cm³/mol. The van der Waals surface area contributed by atoms with Gasteiger partial charge in [-0.15, -0.1) is 11.3 Å². The van der Waals surface area contributed by atoms with Crippen molar-refractivity contribution in [2.45, 2.75) is 52.4 Å². The predicted octanol–water partition coefficient (Wildman–Crippen LogP) is 7.34. The van der Waals surface area contributed by atoms with Crippen molar-refractivity contribution in [3.05, 3.63) is 68.4 Å². The van der Waals surface area contributed by atoms with Crippen LogP contribution in [-0.2, 0) is 10.8 Å². The Morgan fingerprint density at radius 1 is 0.971 bits per heavy atom. The Hall–Kier alpha value is -2.70. The molecule has 3 aromatic rings. The Balaban J connectivity index is 1.92. The molecule has 2 aromatic carbocycles. The van der Waals surface area contributed by atoms with Crippen LogP contribution in [0, 0.1) is 0 Å². The first-order valence-electron chi connectivity index (χ1n) is 11.3. The zero-order chi connectivity index (χ0) is 24.7. The normalized spacial score (nSPS) is 14.3. The Morgan fingerprint density at radius 2 is 1.56 bits per heavy atom. The maximum atomic E-state index is 11.2. The quantitative estimate of drug-likeness (QED) is 0.292. The third-order valence-electron chi connectivity index (χ3n) is 5.66. The number of aromatic hydroxyl groups is 1. The first-order valence-corrected chi connectivity index (χ1v) is 12.6. The number of anilines is 1. The lowest BCUT2D eigenvalue weighted by molar-refractivity contribution is 0.173. The molecule has 0 atom stereocenters.